The Morgan fingerprint density at radius 3 is 1.68 bits per heavy atom. The Bertz CT molecular complexity index is 4850. The van der Waals surface area contributed by atoms with Crippen LogP contribution < -0.4 is 37.4 Å². The number of hydrogen-bond acceptors (Lipinski definition) is 25. The van der Waals surface area contributed by atoms with E-state index in [1.54, 1.807) is 57.2 Å². The number of ether oxygens (including phenoxy) is 8. The number of alkyl carbamates (subject to hydrolysis) is 1. The van der Waals surface area contributed by atoms with Crippen molar-refractivity contribution in [1.82, 2.24) is 15.1 Å². The molecule has 5 heterocycles. The molecule has 12 rings (SSSR count). The maximum atomic E-state index is 14.3. The Morgan fingerprint density at radius 2 is 1.15 bits per heavy atom. The van der Waals surface area contributed by atoms with Gasteiger partial charge in [0, 0.05) is 80.4 Å². The van der Waals surface area contributed by atoms with Gasteiger partial charge in [-0.1, -0.05) is 48.5 Å². The standard InChI is InChI=1S/C81H90N6O24S2/c1-81(2,3)109-80(96)84-64(47-112(97,98)99)66(90)19-13-27-104-26-12-18-65(89)54-22-25-67(107-79-76(93)75(92)74(91)73(44-88)108-79)72(33-54)111-113(100,101)110-59-23-20-48(21-24-59)42-87(4,5)43-49-28-50(45-105-70-36-62-60(34-68(70)102-6)77(94)85-40-55-16-10-8-14-52(55)31-57(85)38-82-62)30-51(29-49)46-106-71-37-63-61(35-69(71)103-7)78(95)86-41-56-17-11-9-15-53(56)32-58(86)39-83-63/h8-11,14-17,20-25,28-30,33-39,57-58,64,73-76,79,88,91-93H,12-13,18-19,26-27,31-32,40-47H2,1-7H3,(H-,84,96,97,98,99)/p+1/t57-,58-,64+,73+,74-,75-,76+,79?/m0/s1. The lowest BCUT2D eigenvalue weighted by Crippen LogP contribution is -2.60. The molecule has 32 heteroatoms. The highest BCUT2D eigenvalue weighted by atomic mass is 32.3. The van der Waals surface area contributed by atoms with Gasteiger partial charge in [0.1, 0.15) is 73.9 Å². The summed E-state index contributed by atoms with van der Waals surface area (Å²) in [4.78, 5) is 80.8. The predicted molar refractivity (Wildman–Crippen MR) is 410 cm³/mol. The molecule has 7 aromatic carbocycles. The first-order valence-corrected chi connectivity index (χ1v) is 39.6. The van der Waals surface area contributed by atoms with Gasteiger partial charge in [-0.15, -0.1) is 8.42 Å². The SMILES string of the molecule is COc1cc2c(cc1OCc1cc(COc3cc4c(cc3OC)C(=O)N3Cc5ccccc5C[C@H]3C=N4)cc(C[N+](C)(C)Cc3ccc(OS(=O)(=O)Oc4cc(C(=O)CCCOCCCC(=O)[C@@H](CS(=O)(=O)O)NC(=O)OC(C)(C)C)ccc4OC4O[C@H](CO)[C@H](O)[C@H](O)[C@H]4O)cc3)c1)N=C[C@@H]1Cc3ccccc3CN1C2=O. The molecule has 0 bridgehead atoms. The number of nitrogens with one attached hydrogen (secondary N) is 1. The zero-order valence-corrected chi connectivity index (χ0v) is 65.0. The number of fused-ring (bicyclic) bond motifs is 6. The highest BCUT2D eigenvalue weighted by molar-refractivity contribution is 7.85. The van der Waals surface area contributed by atoms with Crippen LogP contribution in [-0.4, -0.2) is 206 Å². The van der Waals surface area contributed by atoms with E-state index in [-0.39, 0.29) is 87.3 Å². The third kappa shape index (κ3) is 20.7. The summed E-state index contributed by atoms with van der Waals surface area (Å²) in [7, 11) is -2.75. The smallest absolute Gasteiger partial charge is 0.493 e. The number of amides is 3. The molecule has 7 aromatic rings. The minimum absolute atomic E-state index is 0.00753. The van der Waals surface area contributed by atoms with Crippen LogP contribution in [0.2, 0.25) is 0 Å². The number of benzene rings is 7. The molecular formula is C81H91N6O24S2+. The molecule has 6 N–H and O–H groups in total. The van der Waals surface area contributed by atoms with E-state index in [1.165, 1.54) is 32.4 Å². The lowest BCUT2D eigenvalue weighted by Gasteiger charge is -2.39. The number of ketones is 2. The molecule has 113 heavy (non-hydrogen) atoms. The fraction of sp³-hybridized carbons (Fsp3) is 0.395. The van der Waals surface area contributed by atoms with Gasteiger partial charge in [-0.3, -0.25) is 33.7 Å². The Hall–Kier alpha value is -10.4. The largest absolute Gasteiger partial charge is 0.501 e. The van der Waals surface area contributed by atoms with Gasteiger partial charge in [0.15, 0.2) is 46.1 Å². The summed E-state index contributed by atoms with van der Waals surface area (Å²) >= 11 is 0. The van der Waals surface area contributed by atoms with Gasteiger partial charge in [-0.05, 0) is 153 Å². The van der Waals surface area contributed by atoms with Crippen molar-refractivity contribution in [2.45, 2.75) is 153 Å². The van der Waals surface area contributed by atoms with Gasteiger partial charge < -0.3 is 86.3 Å². The molecule has 1 fully saturated rings. The molecule has 0 aromatic heterocycles. The minimum Gasteiger partial charge on any atom is -0.493 e. The number of hydrogen-bond donors (Lipinski definition) is 6. The number of methoxy groups -OCH3 is 2. The molecule has 600 valence electrons. The normalized spacial score (nSPS) is 19.5. The van der Waals surface area contributed by atoms with E-state index in [1.807, 2.05) is 90.9 Å². The third-order valence-electron chi connectivity index (χ3n) is 19.5. The van der Waals surface area contributed by atoms with Gasteiger partial charge in [-0.2, -0.15) is 8.42 Å². The molecule has 0 saturated carbocycles. The summed E-state index contributed by atoms with van der Waals surface area (Å²) in [6, 6.07) is 36.4. The molecule has 1 saturated heterocycles. The zero-order chi connectivity index (χ0) is 80.7. The molecule has 30 nitrogen and oxygen atoms in total. The van der Waals surface area contributed by atoms with E-state index in [0.29, 0.717) is 89.0 Å². The van der Waals surface area contributed by atoms with Crippen LogP contribution >= 0.6 is 0 Å². The topological polar surface area (TPSA) is 390 Å². The van der Waals surface area contributed by atoms with Crippen molar-refractivity contribution in [1.29, 1.82) is 0 Å². The van der Waals surface area contributed by atoms with Gasteiger partial charge in [0.25, 0.3) is 21.9 Å². The number of aliphatic imine (C=N–C) groups is 2. The summed E-state index contributed by atoms with van der Waals surface area (Å²) in [5.74, 6) is -2.54. The van der Waals surface area contributed by atoms with Crippen LogP contribution in [0, 0.1) is 0 Å². The first-order valence-electron chi connectivity index (χ1n) is 36.7. The fourth-order valence-electron chi connectivity index (χ4n) is 14.1. The Kier molecular flexibility index (Phi) is 25.4. The molecule has 8 atom stereocenters. The van der Waals surface area contributed by atoms with Crippen LogP contribution in [-0.2, 0) is 91.8 Å². The fourth-order valence-corrected chi connectivity index (χ4v) is 15.5. The highest BCUT2D eigenvalue weighted by Gasteiger charge is 2.46. The summed E-state index contributed by atoms with van der Waals surface area (Å²) in [6.45, 7) is 5.63. The molecule has 0 aliphatic carbocycles. The molecule has 5 aliphatic heterocycles. The number of quaternary nitrogens is 1. The zero-order valence-electron chi connectivity index (χ0n) is 63.3. The van der Waals surface area contributed by atoms with Gasteiger partial charge in [-0.25, -0.2) is 4.79 Å². The number of carbonyl (C=O) groups excluding carboxylic acids is 5. The summed E-state index contributed by atoms with van der Waals surface area (Å²) in [5.41, 5.74) is 8.21. The van der Waals surface area contributed by atoms with E-state index in [2.05, 4.69) is 17.4 Å². The van der Waals surface area contributed by atoms with Crippen LogP contribution in [0.25, 0.3) is 0 Å². The summed E-state index contributed by atoms with van der Waals surface area (Å²) in [5, 5.41) is 43.9. The number of carbonyl (C=O) groups is 5. The Balaban J connectivity index is 0.731. The Labute approximate surface area is 654 Å². The van der Waals surface area contributed by atoms with Gasteiger partial charge in [0.05, 0.1) is 69.5 Å². The van der Waals surface area contributed by atoms with Crippen LogP contribution in [0.5, 0.6) is 40.2 Å². The van der Waals surface area contributed by atoms with Crippen LogP contribution in [0.3, 0.4) is 0 Å². The van der Waals surface area contributed by atoms with Gasteiger partial charge in [0.2, 0.25) is 6.29 Å². The number of rotatable bonds is 32. The average molecular weight is 1600 g/mol. The maximum Gasteiger partial charge on any atom is 0.501 e. The predicted octanol–water partition coefficient (Wildman–Crippen LogP) is 8.20. The lowest BCUT2D eigenvalue weighted by molar-refractivity contribution is -0.916. The van der Waals surface area contributed by atoms with Crippen molar-refractivity contribution < 1.29 is 117 Å². The molecule has 0 radical (unpaired) electrons. The number of nitrogens with zero attached hydrogens (tertiary/aromatic N) is 5. The molecule has 1 unspecified atom stereocenters. The van der Waals surface area contributed by atoms with Crippen molar-refractivity contribution in [3.63, 3.8) is 0 Å². The van der Waals surface area contributed by atoms with Crippen molar-refractivity contribution in [2.75, 3.05) is 53.9 Å². The maximum absolute atomic E-state index is 14.3. The monoisotopic (exact) mass is 1600 g/mol. The van der Waals surface area contributed by atoms with E-state index < -0.39 is 104 Å². The number of aliphatic hydroxyl groups excluding tert-OH is 4. The molecule has 0 spiro atoms. The lowest BCUT2D eigenvalue weighted by atomic mass is 9.94. The third-order valence-corrected chi connectivity index (χ3v) is 21.1. The van der Waals surface area contributed by atoms with Gasteiger partial charge >= 0.3 is 16.5 Å². The quantitative estimate of drug-likeness (QED) is 0.0100. The molecule has 3 amide bonds. The second-order valence-corrected chi connectivity index (χ2v) is 32.5. The van der Waals surface area contributed by atoms with Crippen LogP contribution in [0.15, 0.2) is 143 Å². The number of aliphatic hydroxyl groups is 4. The first-order chi connectivity index (χ1) is 53.8. The number of Topliss-reactive ketones (excluding diaryl/α,β-unsaturated/α-hetero) is 2. The van der Waals surface area contributed by atoms with Crippen molar-refractivity contribution >= 4 is 73.8 Å². The van der Waals surface area contributed by atoms with Crippen molar-refractivity contribution in [2.24, 2.45) is 9.98 Å². The second-order valence-electron chi connectivity index (χ2n) is 29.9. The van der Waals surface area contributed by atoms with E-state index in [0.717, 1.165) is 56.6 Å². The first kappa shape index (κ1) is 82.1. The summed E-state index contributed by atoms with van der Waals surface area (Å²) in [6.07, 6.45) is -5.24. The molecular weight excluding hydrogens is 1510 g/mol. The Morgan fingerprint density at radius 1 is 0.619 bits per heavy atom. The second kappa shape index (κ2) is 34.9. The molecule has 5 aliphatic rings. The van der Waals surface area contributed by atoms with E-state index >= 15 is 0 Å². The van der Waals surface area contributed by atoms with E-state index in [9.17, 15) is 65.8 Å². The van der Waals surface area contributed by atoms with Crippen LogP contribution in [0.1, 0.15) is 122 Å². The van der Waals surface area contributed by atoms with Crippen molar-refractivity contribution in [3.8, 4) is 40.2 Å². The average Bonchev–Trinajstić information content (AvgIpc) is 1.69. The van der Waals surface area contributed by atoms with Crippen molar-refractivity contribution in [3.05, 3.63) is 195 Å². The van der Waals surface area contributed by atoms with Crippen LogP contribution in [0.4, 0.5) is 16.2 Å². The minimum atomic E-state index is -5.12. The highest BCUT2D eigenvalue weighted by Crippen LogP contribution is 2.42. The summed E-state index contributed by atoms with van der Waals surface area (Å²) < 4.78 is 119. The van der Waals surface area contributed by atoms with E-state index in [4.69, 9.17) is 56.2 Å².